The Hall–Kier alpha value is -2.62. The van der Waals surface area contributed by atoms with Gasteiger partial charge in [-0.2, -0.15) is 0 Å². The van der Waals surface area contributed by atoms with E-state index in [2.05, 4.69) is 0 Å². The summed E-state index contributed by atoms with van der Waals surface area (Å²) in [6.07, 6.45) is 0. The lowest BCUT2D eigenvalue weighted by Gasteiger charge is -2.25. The van der Waals surface area contributed by atoms with Gasteiger partial charge in [0.2, 0.25) is 5.91 Å². The number of hydrogen-bond acceptors (Lipinski definition) is 2. The first-order chi connectivity index (χ1) is 10.7. The second kappa shape index (κ2) is 6.02. The van der Waals surface area contributed by atoms with E-state index in [0.29, 0.717) is 12.2 Å². The molecule has 1 heterocycles. The first-order valence-electron chi connectivity index (χ1n) is 7.35. The third kappa shape index (κ3) is 2.72. The number of amides is 2. The Morgan fingerprint density at radius 1 is 1.00 bits per heavy atom. The minimum atomic E-state index is -0.100. The molecule has 1 atom stereocenters. The summed E-state index contributed by atoms with van der Waals surface area (Å²) in [6.45, 7) is 2.47. The van der Waals surface area contributed by atoms with Crippen molar-refractivity contribution in [2.24, 2.45) is 0 Å². The van der Waals surface area contributed by atoms with Crippen molar-refractivity contribution < 1.29 is 9.59 Å². The quantitative estimate of drug-likeness (QED) is 0.873. The highest BCUT2D eigenvalue weighted by Gasteiger charge is 2.34. The van der Waals surface area contributed by atoms with Gasteiger partial charge in [0.25, 0.3) is 5.91 Å². The molecule has 1 aliphatic rings. The Balaban J connectivity index is 1.75. The Morgan fingerprint density at radius 3 is 2.23 bits per heavy atom. The smallest absolute Gasteiger partial charge is 0.255 e. The maximum Gasteiger partial charge on any atom is 0.255 e. The second-order valence-electron chi connectivity index (χ2n) is 5.46. The van der Waals surface area contributed by atoms with E-state index in [-0.39, 0.29) is 24.4 Å². The summed E-state index contributed by atoms with van der Waals surface area (Å²) in [7, 11) is 0. The predicted octanol–water partition coefficient (Wildman–Crippen LogP) is 2.69. The van der Waals surface area contributed by atoms with Crippen molar-refractivity contribution in [3.63, 3.8) is 0 Å². The fourth-order valence-electron chi connectivity index (χ4n) is 2.72. The zero-order valence-corrected chi connectivity index (χ0v) is 12.5. The molecule has 0 aliphatic carbocycles. The van der Waals surface area contributed by atoms with E-state index in [9.17, 15) is 9.59 Å². The summed E-state index contributed by atoms with van der Waals surface area (Å²) in [5.41, 5.74) is 1.69. The third-order valence-corrected chi connectivity index (χ3v) is 4.03. The molecule has 1 aliphatic heterocycles. The fourth-order valence-corrected chi connectivity index (χ4v) is 2.72. The van der Waals surface area contributed by atoms with Crippen LogP contribution in [0.25, 0.3) is 0 Å². The van der Waals surface area contributed by atoms with Crippen LogP contribution in [0.5, 0.6) is 0 Å². The average Bonchev–Trinajstić information content (AvgIpc) is 2.97. The molecule has 2 amide bonds. The molecule has 1 fully saturated rings. The lowest BCUT2D eigenvalue weighted by Crippen LogP contribution is -2.32. The van der Waals surface area contributed by atoms with Crippen molar-refractivity contribution in [3.8, 4) is 0 Å². The molecule has 0 radical (unpaired) electrons. The minimum Gasteiger partial charge on any atom is -0.317 e. The summed E-state index contributed by atoms with van der Waals surface area (Å²) in [6, 6.07) is 18.9. The van der Waals surface area contributed by atoms with Gasteiger partial charge >= 0.3 is 0 Å². The Morgan fingerprint density at radius 2 is 1.59 bits per heavy atom. The normalized spacial score (nSPS) is 16.0. The SMILES string of the molecule is C[C@@H](c1ccccc1)N1CN(C(=O)c2ccccc2)CC1=O. The van der Waals surface area contributed by atoms with E-state index in [1.54, 1.807) is 21.9 Å². The van der Waals surface area contributed by atoms with Gasteiger partial charge in [0.1, 0.15) is 6.54 Å². The van der Waals surface area contributed by atoms with Crippen LogP contribution in [0.1, 0.15) is 28.9 Å². The van der Waals surface area contributed by atoms with Crippen molar-refractivity contribution >= 4 is 11.8 Å². The molecule has 1 saturated heterocycles. The summed E-state index contributed by atoms with van der Waals surface area (Å²) in [5, 5.41) is 0. The van der Waals surface area contributed by atoms with Crippen molar-refractivity contribution in [2.45, 2.75) is 13.0 Å². The number of rotatable bonds is 3. The molecule has 0 unspecified atom stereocenters. The van der Waals surface area contributed by atoms with Gasteiger partial charge < -0.3 is 9.80 Å². The molecule has 2 aromatic rings. The van der Waals surface area contributed by atoms with Crippen LogP contribution in [0.4, 0.5) is 0 Å². The summed E-state index contributed by atoms with van der Waals surface area (Å²) < 4.78 is 0. The lowest BCUT2D eigenvalue weighted by molar-refractivity contribution is -0.128. The predicted molar refractivity (Wildman–Crippen MR) is 84.0 cm³/mol. The van der Waals surface area contributed by atoms with Gasteiger partial charge in [-0.1, -0.05) is 48.5 Å². The van der Waals surface area contributed by atoms with E-state index in [4.69, 9.17) is 0 Å². The van der Waals surface area contributed by atoms with Crippen LogP contribution in [0.15, 0.2) is 60.7 Å². The zero-order chi connectivity index (χ0) is 15.5. The highest BCUT2D eigenvalue weighted by atomic mass is 16.2. The van der Waals surface area contributed by atoms with Crippen LogP contribution < -0.4 is 0 Å². The van der Waals surface area contributed by atoms with Crippen molar-refractivity contribution in [1.29, 1.82) is 0 Å². The number of benzene rings is 2. The summed E-state index contributed by atoms with van der Waals surface area (Å²) >= 11 is 0. The molecule has 0 aromatic heterocycles. The molecule has 3 rings (SSSR count). The van der Waals surface area contributed by atoms with Crippen LogP contribution in [0.3, 0.4) is 0 Å². The van der Waals surface area contributed by atoms with Gasteiger partial charge in [-0.25, -0.2) is 0 Å². The van der Waals surface area contributed by atoms with Gasteiger partial charge in [0.15, 0.2) is 0 Å². The second-order valence-corrected chi connectivity index (χ2v) is 5.46. The first-order valence-corrected chi connectivity index (χ1v) is 7.35. The summed E-state index contributed by atoms with van der Waals surface area (Å²) in [4.78, 5) is 28.1. The van der Waals surface area contributed by atoms with Crippen molar-refractivity contribution in [2.75, 3.05) is 13.2 Å². The first kappa shape index (κ1) is 14.3. The highest BCUT2D eigenvalue weighted by molar-refractivity contribution is 5.98. The molecule has 0 saturated carbocycles. The van der Waals surface area contributed by atoms with Crippen LogP contribution in [0, 0.1) is 0 Å². The summed E-state index contributed by atoms with van der Waals surface area (Å²) in [5.74, 6) is -0.114. The van der Waals surface area contributed by atoms with Crippen molar-refractivity contribution in [3.05, 3.63) is 71.8 Å². The van der Waals surface area contributed by atoms with E-state index in [0.717, 1.165) is 5.56 Å². The Labute approximate surface area is 130 Å². The topological polar surface area (TPSA) is 40.6 Å². The molecule has 0 N–H and O–H groups in total. The number of nitrogens with zero attached hydrogens (tertiary/aromatic N) is 2. The fraction of sp³-hybridized carbons (Fsp3) is 0.222. The van der Waals surface area contributed by atoms with Crippen molar-refractivity contribution in [1.82, 2.24) is 9.80 Å². The molecule has 0 spiro atoms. The van der Waals surface area contributed by atoms with Gasteiger partial charge in [-0.15, -0.1) is 0 Å². The molecule has 22 heavy (non-hydrogen) atoms. The average molecular weight is 294 g/mol. The van der Waals surface area contributed by atoms with E-state index >= 15 is 0 Å². The Kier molecular flexibility index (Phi) is 3.92. The van der Waals surface area contributed by atoms with E-state index in [1.165, 1.54) is 0 Å². The van der Waals surface area contributed by atoms with Crippen LogP contribution >= 0.6 is 0 Å². The molecule has 4 nitrogen and oxygen atoms in total. The maximum atomic E-state index is 12.4. The van der Waals surface area contributed by atoms with Gasteiger partial charge in [-0.3, -0.25) is 9.59 Å². The van der Waals surface area contributed by atoms with Gasteiger partial charge in [0, 0.05) is 5.56 Å². The van der Waals surface area contributed by atoms with Crippen LogP contribution in [0.2, 0.25) is 0 Å². The van der Waals surface area contributed by atoms with E-state index in [1.807, 2.05) is 55.5 Å². The molecule has 4 heteroatoms. The number of carbonyl (C=O) groups is 2. The molecule has 0 bridgehead atoms. The molecule has 2 aromatic carbocycles. The minimum absolute atomic E-state index is 0.0133. The van der Waals surface area contributed by atoms with Gasteiger partial charge in [-0.05, 0) is 24.6 Å². The molecular weight excluding hydrogens is 276 g/mol. The zero-order valence-electron chi connectivity index (χ0n) is 12.5. The van der Waals surface area contributed by atoms with E-state index < -0.39 is 0 Å². The number of hydrogen-bond donors (Lipinski definition) is 0. The van der Waals surface area contributed by atoms with Crippen LogP contribution in [-0.4, -0.2) is 34.8 Å². The third-order valence-electron chi connectivity index (χ3n) is 4.03. The number of carbonyl (C=O) groups excluding carboxylic acids is 2. The highest BCUT2D eigenvalue weighted by Crippen LogP contribution is 2.24. The lowest BCUT2D eigenvalue weighted by atomic mass is 10.1. The van der Waals surface area contributed by atoms with Crippen LogP contribution in [-0.2, 0) is 4.79 Å². The molecule has 112 valence electrons. The monoisotopic (exact) mass is 294 g/mol. The molecular formula is C18H18N2O2. The maximum absolute atomic E-state index is 12.4. The standard InChI is InChI=1S/C18H18N2O2/c1-14(15-8-4-2-5-9-15)20-13-19(12-17(20)21)18(22)16-10-6-3-7-11-16/h2-11,14H,12-13H2,1H3/t14-/m0/s1. The Bertz CT molecular complexity index is 670. The largest absolute Gasteiger partial charge is 0.317 e. The van der Waals surface area contributed by atoms with Gasteiger partial charge in [0.05, 0.1) is 12.7 Å².